The number of carbonyl (C=O) groups is 1. The predicted molar refractivity (Wildman–Crippen MR) is 93.8 cm³/mol. The van der Waals surface area contributed by atoms with Crippen molar-refractivity contribution in [3.63, 3.8) is 0 Å². The van der Waals surface area contributed by atoms with Crippen LogP contribution in [0.2, 0.25) is 0 Å². The minimum atomic E-state index is -0.473. The normalized spacial score (nSPS) is 18.7. The molecule has 1 N–H and O–H groups in total. The number of hydrogen-bond acceptors (Lipinski definition) is 7. The molecule has 8 heteroatoms. The van der Waals surface area contributed by atoms with Crippen LogP contribution >= 0.6 is 0 Å². The van der Waals surface area contributed by atoms with Crippen LogP contribution in [0, 0.1) is 5.92 Å². The Bertz CT molecular complexity index is 556. The molecule has 0 saturated carbocycles. The van der Waals surface area contributed by atoms with Gasteiger partial charge in [0.05, 0.1) is 6.10 Å². The second-order valence-corrected chi connectivity index (χ2v) is 6.67. The van der Waals surface area contributed by atoms with Crippen LogP contribution in [0.25, 0.3) is 0 Å². The van der Waals surface area contributed by atoms with Crippen LogP contribution in [-0.4, -0.2) is 66.4 Å². The number of carbonyl (C=O) groups excluding carboxylic acids is 1. The first kappa shape index (κ1) is 20.7. The van der Waals surface area contributed by atoms with E-state index in [1.807, 2.05) is 27.7 Å². The molecule has 0 aromatic carbocycles. The maximum atomic E-state index is 12.8. The first-order chi connectivity index (χ1) is 12.5. The molecule has 2 unspecified atom stereocenters. The molecule has 2 heterocycles. The van der Waals surface area contributed by atoms with Crippen molar-refractivity contribution in [2.45, 2.75) is 52.4 Å². The maximum absolute atomic E-state index is 12.8. The van der Waals surface area contributed by atoms with E-state index in [2.05, 4.69) is 5.16 Å². The van der Waals surface area contributed by atoms with Gasteiger partial charge in [-0.25, -0.2) is 0 Å². The van der Waals surface area contributed by atoms with Gasteiger partial charge in [0, 0.05) is 32.4 Å². The molecule has 1 aliphatic rings. The van der Waals surface area contributed by atoms with Crippen LogP contribution in [0.1, 0.15) is 45.8 Å². The Balaban J connectivity index is 2.01. The summed E-state index contributed by atoms with van der Waals surface area (Å²) in [4.78, 5) is 14.5. The van der Waals surface area contributed by atoms with Crippen LogP contribution in [0.3, 0.4) is 0 Å². The molecular formula is C18H30N2O6. The predicted octanol–water partition coefficient (Wildman–Crippen LogP) is 1.79. The minimum Gasteiger partial charge on any atom is -0.470 e. The molecule has 1 saturated heterocycles. The third-order valence-electron chi connectivity index (χ3n) is 4.29. The number of nitrogens with zero attached hydrogens (tertiary/aromatic N) is 2. The van der Waals surface area contributed by atoms with Crippen LogP contribution in [0.15, 0.2) is 10.6 Å². The summed E-state index contributed by atoms with van der Waals surface area (Å²) in [6.45, 7) is 9.83. The zero-order valence-corrected chi connectivity index (χ0v) is 16.0. The van der Waals surface area contributed by atoms with E-state index < -0.39 is 18.3 Å². The summed E-state index contributed by atoms with van der Waals surface area (Å²) < 4.78 is 21.8. The van der Waals surface area contributed by atoms with Gasteiger partial charge in [-0.3, -0.25) is 4.79 Å². The molecular weight excluding hydrogens is 340 g/mol. The van der Waals surface area contributed by atoms with Crippen molar-refractivity contribution < 1.29 is 28.6 Å². The Morgan fingerprint density at radius 1 is 1.38 bits per heavy atom. The standard InChI is InChI=1S/C18H30N2O6/c1-5-23-16(24-6-2)11-25-15-9-14(26-19-15)17(12(3)4)18(22)20-8-7-13(21)10-20/h9,12-13,16-17,21H,5-8,10-11H2,1-4H3. The van der Waals surface area contributed by atoms with Crippen molar-refractivity contribution in [3.8, 4) is 5.88 Å². The molecule has 0 aliphatic carbocycles. The van der Waals surface area contributed by atoms with E-state index in [1.165, 1.54) is 0 Å². The molecule has 26 heavy (non-hydrogen) atoms. The first-order valence-electron chi connectivity index (χ1n) is 9.25. The molecule has 2 rings (SSSR count). The van der Waals surface area contributed by atoms with E-state index in [0.717, 1.165) is 0 Å². The van der Waals surface area contributed by atoms with E-state index >= 15 is 0 Å². The second-order valence-electron chi connectivity index (χ2n) is 6.67. The van der Waals surface area contributed by atoms with Gasteiger partial charge in [-0.1, -0.05) is 13.8 Å². The van der Waals surface area contributed by atoms with Crippen molar-refractivity contribution in [1.82, 2.24) is 10.1 Å². The van der Waals surface area contributed by atoms with Crippen molar-refractivity contribution in [1.29, 1.82) is 0 Å². The van der Waals surface area contributed by atoms with E-state index in [4.69, 9.17) is 18.7 Å². The van der Waals surface area contributed by atoms with Gasteiger partial charge in [0.1, 0.15) is 12.5 Å². The highest BCUT2D eigenvalue weighted by Crippen LogP contribution is 2.30. The van der Waals surface area contributed by atoms with E-state index in [0.29, 0.717) is 44.4 Å². The molecule has 1 aromatic rings. The van der Waals surface area contributed by atoms with Crippen LogP contribution < -0.4 is 4.74 Å². The number of aliphatic hydroxyl groups excluding tert-OH is 1. The summed E-state index contributed by atoms with van der Waals surface area (Å²) >= 11 is 0. The summed E-state index contributed by atoms with van der Waals surface area (Å²) in [5, 5.41) is 13.6. The van der Waals surface area contributed by atoms with Gasteiger partial charge in [0.15, 0.2) is 12.1 Å². The average Bonchev–Trinajstić information content (AvgIpc) is 3.22. The molecule has 1 aliphatic heterocycles. The fraction of sp³-hybridized carbons (Fsp3) is 0.778. The smallest absolute Gasteiger partial charge is 0.254 e. The number of β-amino-alcohol motifs (C(OH)–C–C–N with tert-alkyl or cyclic N) is 1. The zero-order chi connectivity index (χ0) is 19.1. The lowest BCUT2D eigenvalue weighted by Gasteiger charge is -2.23. The molecule has 1 amide bonds. The number of aliphatic hydroxyl groups is 1. The number of likely N-dealkylation sites (tertiary alicyclic amines) is 1. The molecule has 0 spiro atoms. The first-order valence-corrected chi connectivity index (χ1v) is 9.25. The van der Waals surface area contributed by atoms with E-state index in [1.54, 1.807) is 11.0 Å². The number of ether oxygens (including phenoxy) is 3. The van der Waals surface area contributed by atoms with Crippen molar-refractivity contribution in [2.24, 2.45) is 5.92 Å². The van der Waals surface area contributed by atoms with Crippen LogP contribution in [-0.2, 0) is 14.3 Å². The van der Waals surface area contributed by atoms with E-state index in [9.17, 15) is 9.90 Å². The molecule has 0 bridgehead atoms. The molecule has 1 fully saturated rings. The summed E-state index contributed by atoms with van der Waals surface area (Å²) in [5.74, 6) is 0.274. The SMILES string of the molecule is CCOC(COc1cc(C(C(=O)N2CCC(O)C2)C(C)C)on1)OCC. The fourth-order valence-corrected chi connectivity index (χ4v) is 3.03. The largest absolute Gasteiger partial charge is 0.470 e. The number of amides is 1. The Morgan fingerprint density at radius 3 is 2.62 bits per heavy atom. The summed E-state index contributed by atoms with van der Waals surface area (Å²) in [5.41, 5.74) is 0. The molecule has 0 radical (unpaired) electrons. The highest BCUT2D eigenvalue weighted by Gasteiger charge is 2.35. The summed E-state index contributed by atoms with van der Waals surface area (Å²) in [6.07, 6.45) is -0.314. The Kier molecular flexibility index (Phi) is 7.86. The molecule has 148 valence electrons. The summed E-state index contributed by atoms with van der Waals surface area (Å²) in [7, 11) is 0. The molecule has 1 aromatic heterocycles. The van der Waals surface area contributed by atoms with Gasteiger partial charge < -0.3 is 28.7 Å². The number of rotatable bonds is 10. The third kappa shape index (κ3) is 5.43. The van der Waals surface area contributed by atoms with Crippen molar-refractivity contribution >= 4 is 5.91 Å². The monoisotopic (exact) mass is 370 g/mol. The lowest BCUT2D eigenvalue weighted by molar-refractivity contribution is -0.153. The fourth-order valence-electron chi connectivity index (χ4n) is 3.03. The third-order valence-corrected chi connectivity index (χ3v) is 4.29. The van der Waals surface area contributed by atoms with Gasteiger partial charge in [0.2, 0.25) is 5.91 Å². The van der Waals surface area contributed by atoms with Crippen molar-refractivity contribution in [3.05, 3.63) is 11.8 Å². The quantitative estimate of drug-likeness (QED) is 0.627. The van der Waals surface area contributed by atoms with E-state index in [-0.39, 0.29) is 18.4 Å². The Hall–Kier alpha value is -1.64. The van der Waals surface area contributed by atoms with Crippen LogP contribution in [0.5, 0.6) is 5.88 Å². The average molecular weight is 370 g/mol. The second kappa shape index (κ2) is 9.89. The van der Waals surface area contributed by atoms with Gasteiger partial charge in [-0.05, 0) is 31.3 Å². The highest BCUT2D eigenvalue weighted by molar-refractivity contribution is 5.83. The molecule has 2 atom stereocenters. The minimum absolute atomic E-state index is 0.0284. The molecule has 8 nitrogen and oxygen atoms in total. The highest BCUT2D eigenvalue weighted by atomic mass is 16.7. The summed E-state index contributed by atoms with van der Waals surface area (Å²) in [6, 6.07) is 1.64. The number of hydrogen-bond donors (Lipinski definition) is 1. The zero-order valence-electron chi connectivity index (χ0n) is 16.0. The lowest BCUT2D eigenvalue weighted by atomic mass is 9.92. The topological polar surface area (TPSA) is 94.3 Å². The van der Waals surface area contributed by atoms with Gasteiger partial charge >= 0.3 is 0 Å². The maximum Gasteiger partial charge on any atom is 0.254 e. The van der Waals surface area contributed by atoms with Gasteiger partial charge in [-0.2, -0.15) is 0 Å². The van der Waals surface area contributed by atoms with Gasteiger partial charge in [-0.15, -0.1) is 0 Å². The Labute approximate surface area is 154 Å². The Morgan fingerprint density at radius 2 is 2.08 bits per heavy atom. The van der Waals surface area contributed by atoms with Crippen LogP contribution in [0.4, 0.5) is 0 Å². The van der Waals surface area contributed by atoms with Crippen molar-refractivity contribution in [2.75, 3.05) is 32.9 Å². The van der Waals surface area contributed by atoms with Gasteiger partial charge in [0.25, 0.3) is 5.88 Å². The number of aromatic nitrogens is 1. The lowest BCUT2D eigenvalue weighted by Crippen LogP contribution is -2.35.